The normalized spacial score (nSPS) is 11.3. The van der Waals surface area contributed by atoms with Crippen LogP contribution in [0.15, 0.2) is 77.9 Å². The molecule has 0 saturated carbocycles. The monoisotopic (exact) mass is 480 g/mol. The molecule has 0 spiro atoms. The molecule has 6 heteroatoms. The van der Waals surface area contributed by atoms with Crippen molar-refractivity contribution in [1.82, 2.24) is 9.55 Å². The summed E-state index contributed by atoms with van der Waals surface area (Å²) in [5.41, 5.74) is 4.23. The van der Waals surface area contributed by atoms with Crippen molar-refractivity contribution in [2.24, 2.45) is 0 Å². The molecule has 0 aliphatic heterocycles. The van der Waals surface area contributed by atoms with Crippen molar-refractivity contribution in [2.45, 2.75) is 26.4 Å². The van der Waals surface area contributed by atoms with Gasteiger partial charge in [0.05, 0.1) is 13.7 Å². The number of aliphatic hydroxyl groups is 2. The van der Waals surface area contributed by atoms with Gasteiger partial charge in [0.25, 0.3) is 5.56 Å². The lowest BCUT2D eigenvalue weighted by molar-refractivity contribution is 0.276. The highest BCUT2D eigenvalue weighted by molar-refractivity contribution is 6.00. The fraction of sp³-hybridized carbons (Fsp3) is 0.200. The van der Waals surface area contributed by atoms with Gasteiger partial charge in [-0.3, -0.25) is 9.36 Å². The molecule has 5 aromatic rings. The van der Waals surface area contributed by atoms with Crippen LogP contribution < -0.4 is 10.3 Å². The summed E-state index contributed by atoms with van der Waals surface area (Å²) in [6, 6.07) is 19.3. The highest BCUT2D eigenvalue weighted by atomic mass is 16.5. The Morgan fingerprint density at radius 1 is 0.944 bits per heavy atom. The number of ether oxygens (including phenoxy) is 1. The zero-order valence-electron chi connectivity index (χ0n) is 20.4. The van der Waals surface area contributed by atoms with E-state index in [0.29, 0.717) is 17.6 Å². The van der Waals surface area contributed by atoms with Crippen molar-refractivity contribution < 1.29 is 14.9 Å². The molecule has 0 unspecified atom stereocenters. The third kappa shape index (κ3) is 4.04. The van der Waals surface area contributed by atoms with Gasteiger partial charge in [0.15, 0.2) is 0 Å². The first-order chi connectivity index (χ1) is 17.6. The van der Waals surface area contributed by atoms with Gasteiger partial charge in [-0.2, -0.15) is 0 Å². The molecular formula is C30H28N2O4. The maximum atomic E-state index is 13.2. The summed E-state index contributed by atoms with van der Waals surface area (Å²) in [7, 11) is 1.66. The van der Waals surface area contributed by atoms with Gasteiger partial charge in [-0.05, 0) is 93.2 Å². The molecule has 2 N–H and O–H groups in total. The number of nitrogens with zero attached hydrogens (tertiary/aromatic N) is 2. The smallest absolute Gasteiger partial charge is 0.264 e. The van der Waals surface area contributed by atoms with Crippen LogP contribution in [-0.4, -0.2) is 33.5 Å². The van der Waals surface area contributed by atoms with E-state index in [1.54, 1.807) is 24.1 Å². The number of rotatable bonds is 7. The van der Waals surface area contributed by atoms with E-state index in [9.17, 15) is 15.0 Å². The zero-order valence-corrected chi connectivity index (χ0v) is 20.4. The average molecular weight is 481 g/mol. The Kier molecular flexibility index (Phi) is 6.55. The quantitative estimate of drug-likeness (QED) is 0.349. The van der Waals surface area contributed by atoms with E-state index in [4.69, 9.17) is 4.74 Å². The molecule has 5 rings (SSSR count). The van der Waals surface area contributed by atoms with Crippen LogP contribution in [0.5, 0.6) is 5.75 Å². The van der Waals surface area contributed by atoms with Crippen molar-refractivity contribution in [1.29, 1.82) is 0 Å². The molecule has 0 atom stereocenters. The molecule has 0 amide bonds. The van der Waals surface area contributed by atoms with Crippen LogP contribution >= 0.6 is 0 Å². The van der Waals surface area contributed by atoms with Crippen LogP contribution in [0.2, 0.25) is 0 Å². The number of fused-ring (bicyclic) bond motifs is 2. The molecule has 0 aliphatic carbocycles. The van der Waals surface area contributed by atoms with Crippen LogP contribution in [0.25, 0.3) is 38.5 Å². The van der Waals surface area contributed by atoms with Crippen molar-refractivity contribution in [3.8, 4) is 22.7 Å². The van der Waals surface area contributed by atoms with Crippen LogP contribution in [0.4, 0.5) is 0 Å². The third-order valence-corrected chi connectivity index (χ3v) is 6.76. The Labute approximate surface area is 209 Å². The lowest BCUT2D eigenvalue weighted by atomic mass is 9.88. The topological polar surface area (TPSA) is 84.6 Å². The fourth-order valence-corrected chi connectivity index (χ4v) is 4.97. The van der Waals surface area contributed by atoms with Gasteiger partial charge in [0.2, 0.25) is 0 Å². The average Bonchev–Trinajstić information content (AvgIpc) is 2.92. The van der Waals surface area contributed by atoms with E-state index in [-0.39, 0.29) is 18.8 Å². The van der Waals surface area contributed by atoms with E-state index in [1.807, 2.05) is 54.6 Å². The molecule has 2 heterocycles. The SMILES string of the molecule is CCc1cc2cc(CCO)c(CO)c(-c3ccnc(-n4ccc5ccccc5c4=O)c3)c2cc1OC. The van der Waals surface area contributed by atoms with Crippen molar-refractivity contribution >= 4 is 21.5 Å². The standard InChI is InChI=1S/C30H28N2O4/c1-3-19-14-23-15-21(10-13-33)26(18-34)29(25(23)17-27(19)36-2)22-8-11-31-28(16-22)32-12-9-20-6-4-5-7-24(20)30(32)35/h4-9,11-12,14-17,33-34H,3,10,13,18H2,1-2H3. The van der Waals surface area contributed by atoms with Crippen molar-refractivity contribution in [2.75, 3.05) is 13.7 Å². The zero-order chi connectivity index (χ0) is 25.2. The summed E-state index contributed by atoms with van der Waals surface area (Å²) in [5, 5.41) is 23.6. The predicted molar refractivity (Wildman–Crippen MR) is 143 cm³/mol. The molecule has 3 aromatic carbocycles. The van der Waals surface area contributed by atoms with E-state index in [1.165, 1.54) is 0 Å². The van der Waals surface area contributed by atoms with Crippen molar-refractivity contribution in [3.05, 3.63) is 100 Å². The Bertz CT molecular complexity index is 1640. The molecule has 0 radical (unpaired) electrons. The molecule has 182 valence electrons. The molecule has 0 bridgehead atoms. The second kappa shape index (κ2) is 9.93. The largest absolute Gasteiger partial charge is 0.496 e. The van der Waals surface area contributed by atoms with E-state index in [0.717, 1.165) is 56.1 Å². The number of aryl methyl sites for hydroxylation is 1. The first-order valence-electron chi connectivity index (χ1n) is 12.0. The van der Waals surface area contributed by atoms with Gasteiger partial charge in [-0.15, -0.1) is 0 Å². The van der Waals surface area contributed by atoms with Crippen LogP contribution in [-0.2, 0) is 19.4 Å². The van der Waals surface area contributed by atoms with Crippen LogP contribution in [0, 0.1) is 0 Å². The maximum Gasteiger partial charge on any atom is 0.264 e. The number of hydrogen-bond donors (Lipinski definition) is 2. The second-order valence-electron chi connectivity index (χ2n) is 8.74. The maximum absolute atomic E-state index is 13.2. The summed E-state index contributed by atoms with van der Waals surface area (Å²) in [6.45, 7) is 1.87. The fourth-order valence-electron chi connectivity index (χ4n) is 4.97. The molecule has 2 aromatic heterocycles. The Morgan fingerprint density at radius 3 is 2.50 bits per heavy atom. The summed E-state index contributed by atoms with van der Waals surface area (Å²) < 4.78 is 7.22. The molecule has 0 aliphatic rings. The third-order valence-electron chi connectivity index (χ3n) is 6.76. The van der Waals surface area contributed by atoms with Gasteiger partial charge >= 0.3 is 0 Å². The van der Waals surface area contributed by atoms with E-state index >= 15 is 0 Å². The minimum absolute atomic E-state index is 0.0250. The minimum atomic E-state index is -0.188. The number of pyridine rings is 2. The molecular weight excluding hydrogens is 452 g/mol. The van der Waals surface area contributed by atoms with Gasteiger partial charge in [-0.25, -0.2) is 4.98 Å². The number of aromatic nitrogens is 2. The number of aliphatic hydroxyl groups excluding tert-OH is 2. The Hall–Kier alpha value is -4.00. The summed E-state index contributed by atoms with van der Waals surface area (Å²) >= 11 is 0. The van der Waals surface area contributed by atoms with Crippen molar-refractivity contribution in [3.63, 3.8) is 0 Å². The molecule has 36 heavy (non-hydrogen) atoms. The Morgan fingerprint density at radius 2 is 1.75 bits per heavy atom. The predicted octanol–water partition coefficient (Wildman–Crippen LogP) is 4.80. The second-order valence-corrected chi connectivity index (χ2v) is 8.74. The van der Waals surface area contributed by atoms with Gasteiger partial charge in [-0.1, -0.05) is 31.2 Å². The van der Waals surface area contributed by atoms with Gasteiger partial charge in [0.1, 0.15) is 11.6 Å². The van der Waals surface area contributed by atoms with Crippen LogP contribution in [0.1, 0.15) is 23.6 Å². The lowest BCUT2D eigenvalue weighted by Crippen LogP contribution is -2.18. The highest BCUT2D eigenvalue weighted by Gasteiger charge is 2.18. The van der Waals surface area contributed by atoms with E-state index in [2.05, 4.69) is 18.0 Å². The lowest BCUT2D eigenvalue weighted by Gasteiger charge is -2.19. The summed E-state index contributed by atoms with van der Waals surface area (Å²) in [5.74, 6) is 1.27. The van der Waals surface area contributed by atoms with E-state index < -0.39 is 0 Å². The van der Waals surface area contributed by atoms with Crippen LogP contribution in [0.3, 0.4) is 0 Å². The highest BCUT2D eigenvalue weighted by Crippen LogP contribution is 2.38. The minimum Gasteiger partial charge on any atom is -0.496 e. The summed E-state index contributed by atoms with van der Waals surface area (Å²) in [4.78, 5) is 17.7. The van der Waals surface area contributed by atoms with Gasteiger partial charge in [0, 0.05) is 24.4 Å². The molecule has 6 nitrogen and oxygen atoms in total. The summed E-state index contributed by atoms with van der Waals surface area (Å²) in [6.07, 6.45) is 4.65. The van der Waals surface area contributed by atoms with Gasteiger partial charge < -0.3 is 14.9 Å². The number of hydrogen-bond acceptors (Lipinski definition) is 5. The first kappa shape index (κ1) is 23.7. The number of benzene rings is 3. The first-order valence-corrected chi connectivity index (χ1v) is 12.0. The number of methoxy groups -OCH3 is 1. The molecule has 0 saturated heterocycles. The Balaban J connectivity index is 1.79. The molecule has 0 fully saturated rings.